The van der Waals surface area contributed by atoms with Crippen LogP contribution in [0.1, 0.15) is 12.8 Å². The molecule has 1 saturated heterocycles. The second kappa shape index (κ2) is 3.33. The lowest BCUT2D eigenvalue weighted by molar-refractivity contribution is 0.789. The Bertz CT molecular complexity index is 525. The number of fused-ring (bicyclic) bond motifs is 1. The number of nitrogens with two attached hydrogens (primary N) is 1. The third kappa shape index (κ3) is 1.22. The fourth-order valence-corrected chi connectivity index (χ4v) is 2.27. The molecule has 0 atom stereocenters. The van der Waals surface area contributed by atoms with Crippen LogP contribution in [0.25, 0.3) is 11.0 Å². The molecule has 0 bridgehead atoms. The Hall–Kier alpha value is -1.85. The van der Waals surface area contributed by atoms with E-state index in [1.165, 1.54) is 12.8 Å². The van der Waals surface area contributed by atoms with Crippen molar-refractivity contribution in [3.8, 4) is 0 Å². The van der Waals surface area contributed by atoms with E-state index in [9.17, 15) is 0 Å². The molecule has 6 nitrogen and oxygen atoms in total. The van der Waals surface area contributed by atoms with Crippen molar-refractivity contribution in [1.29, 1.82) is 0 Å². The van der Waals surface area contributed by atoms with Gasteiger partial charge in [-0.1, -0.05) is 0 Å². The highest BCUT2D eigenvalue weighted by Gasteiger charge is 2.20. The third-order valence-corrected chi connectivity index (χ3v) is 3.03. The van der Waals surface area contributed by atoms with Crippen molar-refractivity contribution in [2.75, 3.05) is 23.7 Å². The van der Waals surface area contributed by atoms with Gasteiger partial charge in [0.25, 0.3) is 0 Å². The van der Waals surface area contributed by atoms with Gasteiger partial charge in [-0.25, -0.2) is 14.6 Å². The minimum absolute atomic E-state index is 0.514. The zero-order chi connectivity index (χ0) is 11.1. The lowest BCUT2D eigenvalue weighted by atomic mass is 10.3. The quantitative estimate of drug-likeness (QED) is 0.756. The molecule has 84 valence electrons. The van der Waals surface area contributed by atoms with Crippen LogP contribution < -0.4 is 10.6 Å². The lowest BCUT2D eigenvalue weighted by Gasteiger charge is -2.16. The summed E-state index contributed by atoms with van der Waals surface area (Å²) >= 11 is 0. The predicted molar refractivity (Wildman–Crippen MR) is 62.2 cm³/mol. The van der Waals surface area contributed by atoms with Crippen molar-refractivity contribution in [1.82, 2.24) is 19.7 Å². The zero-order valence-corrected chi connectivity index (χ0v) is 9.22. The minimum atomic E-state index is 0.514. The first-order chi connectivity index (χ1) is 7.77. The molecule has 2 N–H and O–H groups in total. The molecule has 0 aromatic carbocycles. The normalized spacial score (nSPS) is 16.2. The number of anilines is 2. The first kappa shape index (κ1) is 9.38. The van der Waals surface area contributed by atoms with Crippen LogP contribution in [0.5, 0.6) is 0 Å². The van der Waals surface area contributed by atoms with E-state index in [0.717, 1.165) is 29.9 Å². The van der Waals surface area contributed by atoms with E-state index in [4.69, 9.17) is 5.73 Å². The van der Waals surface area contributed by atoms with Crippen molar-refractivity contribution < 1.29 is 0 Å². The maximum atomic E-state index is 5.91. The van der Waals surface area contributed by atoms with Gasteiger partial charge in [-0.2, -0.15) is 5.10 Å². The number of rotatable bonds is 1. The Balaban J connectivity index is 2.23. The monoisotopic (exact) mass is 218 g/mol. The second-order valence-electron chi connectivity index (χ2n) is 4.10. The SMILES string of the molecule is Cn1nc(N)c2c(N3CCCC3)ncnc21. The van der Waals surface area contributed by atoms with Gasteiger partial charge in [-0.05, 0) is 12.8 Å². The highest BCUT2D eigenvalue weighted by atomic mass is 15.3. The molecule has 1 fully saturated rings. The molecule has 0 unspecified atom stereocenters. The summed E-state index contributed by atoms with van der Waals surface area (Å²) in [6.45, 7) is 2.08. The Morgan fingerprint density at radius 3 is 2.75 bits per heavy atom. The fourth-order valence-electron chi connectivity index (χ4n) is 2.27. The molecular formula is C10H14N6. The standard InChI is InChI=1S/C10H14N6/c1-15-9-7(8(11)14-15)10(13-6-12-9)16-4-2-3-5-16/h6H,2-5H2,1H3,(H2,11,14). The fraction of sp³-hybridized carbons (Fsp3) is 0.500. The van der Waals surface area contributed by atoms with E-state index in [0.29, 0.717) is 5.82 Å². The van der Waals surface area contributed by atoms with E-state index in [2.05, 4.69) is 20.0 Å². The van der Waals surface area contributed by atoms with E-state index in [1.807, 2.05) is 7.05 Å². The van der Waals surface area contributed by atoms with Gasteiger partial charge in [0.2, 0.25) is 0 Å². The molecule has 16 heavy (non-hydrogen) atoms. The Morgan fingerprint density at radius 1 is 1.25 bits per heavy atom. The summed E-state index contributed by atoms with van der Waals surface area (Å²) in [5.41, 5.74) is 6.71. The Morgan fingerprint density at radius 2 is 2.00 bits per heavy atom. The molecule has 1 aliphatic rings. The number of nitrogens with zero attached hydrogens (tertiary/aromatic N) is 5. The average molecular weight is 218 g/mol. The van der Waals surface area contributed by atoms with Gasteiger partial charge in [0.05, 0.1) is 0 Å². The number of hydrogen-bond acceptors (Lipinski definition) is 5. The van der Waals surface area contributed by atoms with Crippen molar-refractivity contribution in [3.05, 3.63) is 6.33 Å². The van der Waals surface area contributed by atoms with Crippen LogP contribution in [0.15, 0.2) is 6.33 Å². The van der Waals surface area contributed by atoms with Crippen LogP contribution in [0.2, 0.25) is 0 Å². The van der Waals surface area contributed by atoms with Crippen LogP contribution >= 0.6 is 0 Å². The van der Waals surface area contributed by atoms with Gasteiger partial charge in [0.1, 0.15) is 17.5 Å². The molecule has 0 saturated carbocycles. The van der Waals surface area contributed by atoms with Crippen LogP contribution in [-0.4, -0.2) is 32.8 Å². The number of nitrogen functional groups attached to an aromatic ring is 1. The largest absolute Gasteiger partial charge is 0.382 e. The molecule has 6 heteroatoms. The smallest absolute Gasteiger partial charge is 0.165 e. The molecule has 0 amide bonds. The zero-order valence-electron chi connectivity index (χ0n) is 9.22. The van der Waals surface area contributed by atoms with E-state index in [-0.39, 0.29) is 0 Å². The van der Waals surface area contributed by atoms with Gasteiger partial charge in [-0.3, -0.25) is 0 Å². The van der Waals surface area contributed by atoms with Crippen molar-refractivity contribution >= 4 is 22.7 Å². The van der Waals surface area contributed by atoms with Crippen LogP contribution in [0, 0.1) is 0 Å². The first-order valence-corrected chi connectivity index (χ1v) is 5.45. The topological polar surface area (TPSA) is 72.9 Å². The van der Waals surface area contributed by atoms with Crippen molar-refractivity contribution in [2.24, 2.45) is 7.05 Å². The highest BCUT2D eigenvalue weighted by molar-refractivity contribution is 5.96. The summed E-state index contributed by atoms with van der Waals surface area (Å²) in [7, 11) is 1.85. The number of hydrogen-bond donors (Lipinski definition) is 1. The predicted octanol–water partition coefficient (Wildman–Crippen LogP) is 0.546. The van der Waals surface area contributed by atoms with Crippen LogP contribution in [0.4, 0.5) is 11.6 Å². The number of aryl methyl sites for hydroxylation is 1. The Kier molecular flexibility index (Phi) is 1.95. The summed E-state index contributed by atoms with van der Waals surface area (Å²) in [6.07, 6.45) is 4.01. The van der Waals surface area contributed by atoms with Crippen molar-refractivity contribution in [2.45, 2.75) is 12.8 Å². The van der Waals surface area contributed by atoms with Crippen LogP contribution in [0.3, 0.4) is 0 Å². The van der Waals surface area contributed by atoms with Crippen LogP contribution in [-0.2, 0) is 7.05 Å². The van der Waals surface area contributed by atoms with Gasteiger partial charge >= 0.3 is 0 Å². The van der Waals surface area contributed by atoms with E-state index >= 15 is 0 Å². The lowest BCUT2D eigenvalue weighted by Crippen LogP contribution is -2.19. The van der Waals surface area contributed by atoms with Gasteiger partial charge < -0.3 is 10.6 Å². The molecule has 3 heterocycles. The minimum Gasteiger partial charge on any atom is -0.382 e. The molecular weight excluding hydrogens is 204 g/mol. The third-order valence-electron chi connectivity index (χ3n) is 3.03. The molecule has 0 spiro atoms. The summed E-state index contributed by atoms with van der Waals surface area (Å²) < 4.78 is 1.70. The second-order valence-corrected chi connectivity index (χ2v) is 4.10. The molecule has 1 aliphatic heterocycles. The molecule has 2 aromatic rings. The molecule has 0 radical (unpaired) electrons. The summed E-state index contributed by atoms with van der Waals surface area (Å²) in [5.74, 6) is 1.44. The summed E-state index contributed by atoms with van der Waals surface area (Å²) in [6, 6.07) is 0. The van der Waals surface area contributed by atoms with Gasteiger partial charge in [-0.15, -0.1) is 0 Å². The average Bonchev–Trinajstić information content (AvgIpc) is 2.88. The van der Waals surface area contributed by atoms with E-state index in [1.54, 1.807) is 11.0 Å². The maximum Gasteiger partial charge on any atom is 0.165 e. The molecule has 2 aromatic heterocycles. The highest BCUT2D eigenvalue weighted by Crippen LogP contribution is 2.29. The maximum absolute atomic E-state index is 5.91. The van der Waals surface area contributed by atoms with Gasteiger partial charge in [0, 0.05) is 20.1 Å². The van der Waals surface area contributed by atoms with Gasteiger partial charge in [0.15, 0.2) is 11.5 Å². The molecule has 0 aliphatic carbocycles. The number of aromatic nitrogens is 4. The van der Waals surface area contributed by atoms with E-state index < -0.39 is 0 Å². The first-order valence-electron chi connectivity index (χ1n) is 5.45. The Labute approximate surface area is 93.1 Å². The molecule has 3 rings (SSSR count). The van der Waals surface area contributed by atoms with Crippen molar-refractivity contribution in [3.63, 3.8) is 0 Å². The summed E-state index contributed by atoms with van der Waals surface area (Å²) in [4.78, 5) is 10.8. The summed E-state index contributed by atoms with van der Waals surface area (Å²) in [5, 5.41) is 5.07.